The number of carbonyl (C=O) groups excluding carboxylic acids is 3. The number of benzene rings is 1. The van der Waals surface area contributed by atoms with Crippen LogP contribution in [0.1, 0.15) is 53.0 Å². The SMILES string of the molecule is CCOC(=O)C(Cc1ccccc1)NC(=O)C1(NC(=O)C2=CC(C)(C)N(O)C2(C)C)CCNCC1. The Bertz CT molecular complexity index is 967. The van der Waals surface area contributed by atoms with Crippen LogP contribution in [0, 0.1) is 0 Å². The Labute approximate surface area is 207 Å². The second kappa shape index (κ2) is 10.5. The molecule has 1 atom stereocenters. The van der Waals surface area contributed by atoms with Crippen LogP contribution in [0.15, 0.2) is 42.0 Å². The number of rotatable bonds is 8. The van der Waals surface area contributed by atoms with E-state index in [2.05, 4.69) is 16.0 Å². The number of nitrogens with zero attached hydrogens (tertiary/aromatic N) is 1. The molecule has 9 nitrogen and oxygen atoms in total. The Hall–Kier alpha value is -2.75. The molecule has 192 valence electrons. The number of piperidine rings is 1. The Balaban J connectivity index is 1.85. The van der Waals surface area contributed by atoms with Crippen LogP contribution >= 0.6 is 0 Å². The van der Waals surface area contributed by atoms with Crippen LogP contribution in [-0.2, 0) is 25.5 Å². The highest BCUT2D eigenvalue weighted by Gasteiger charge is 2.50. The summed E-state index contributed by atoms with van der Waals surface area (Å²) in [4.78, 5) is 39.9. The zero-order valence-electron chi connectivity index (χ0n) is 21.3. The van der Waals surface area contributed by atoms with Gasteiger partial charge in [-0.2, -0.15) is 5.06 Å². The van der Waals surface area contributed by atoms with E-state index in [-0.39, 0.29) is 13.0 Å². The average Bonchev–Trinajstić information content (AvgIpc) is 2.99. The van der Waals surface area contributed by atoms with Gasteiger partial charge in [0, 0.05) is 12.0 Å². The smallest absolute Gasteiger partial charge is 0.328 e. The Morgan fingerprint density at radius 3 is 2.29 bits per heavy atom. The predicted molar refractivity (Wildman–Crippen MR) is 132 cm³/mol. The second-order valence-corrected chi connectivity index (χ2v) is 10.3. The van der Waals surface area contributed by atoms with Crippen LogP contribution in [0.2, 0.25) is 0 Å². The fourth-order valence-electron chi connectivity index (χ4n) is 4.90. The van der Waals surface area contributed by atoms with Gasteiger partial charge in [0.1, 0.15) is 11.6 Å². The predicted octanol–water partition coefficient (Wildman–Crippen LogP) is 1.70. The van der Waals surface area contributed by atoms with Crippen molar-refractivity contribution in [3.8, 4) is 0 Å². The number of esters is 1. The van der Waals surface area contributed by atoms with Gasteiger partial charge in [-0.15, -0.1) is 0 Å². The monoisotopic (exact) mass is 486 g/mol. The fraction of sp³-hybridized carbons (Fsp3) is 0.577. The van der Waals surface area contributed by atoms with Crippen LogP contribution in [-0.4, -0.2) is 70.4 Å². The van der Waals surface area contributed by atoms with Gasteiger partial charge in [-0.3, -0.25) is 9.59 Å². The molecule has 0 aromatic heterocycles. The van der Waals surface area contributed by atoms with Crippen molar-refractivity contribution in [2.24, 2.45) is 0 Å². The third-order valence-electron chi connectivity index (χ3n) is 6.88. The Kier molecular flexibility index (Phi) is 8.03. The average molecular weight is 487 g/mol. The first kappa shape index (κ1) is 26.8. The van der Waals surface area contributed by atoms with E-state index in [1.165, 1.54) is 0 Å². The van der Waals surface area contributed by atoms with E-state index in [0.717, 1.165) is 10.6 Å². The van der Waals surface area contributed by atoms with Crippen LogP contribution in [0.25, 0.3) is 0 Å². The fourth-order valence-corrected chi connectivity index (χ4v) is 4.90. The molecule has 2 aliphatic heterocycles. The van der Waals surface area contributed by atoms with Gasteiger partial charge in [-0.25, -0.2) is 4.79 Å². The lowest BCUT2D eigenvalue weighted by molar-refractivity contribution is -0.186. The molecule has 2 heterocycles. The minimum atomic E-state index is -1.20. The molecule has 0 saturated carbocycles. The molecule has 3 rings (SSSR count). The van der Waals surface area contributed by atoms with E-state index in [9.17, 15) is 19.6 Å². The van der Waals surface area contributed by atoms with E-state index in [1.54, 1.807) is 26.8 Å². The summed E-state index contributed by atoms with van der Waals surface area (Å²) >= 11 is 0. The number of hydrogen-bond donors (Lipinski definition) is 4. The lowest BCUT2D eigenvalue weighted by atomic mass is 9.85. The first-order valence-electron chi connectivity index (χ1n) is 12.2. The summed E-state index contributed by atoms with van der Waals surface area (Å²) < 4.78 is 5.23. The highest BCUT2D eigenvalue weighted by Crippen LogP contribution is 2.38. The summed E-state index contributed by atoms with van der Waals surface area (Å²) in [5.41, 5.74) is -1.59. The van der Waals surface area contributed by atoms with Gasteiger partial charge >= 0.3 is 5.97 Å². The largest absolute Gasteiger partial charge is 0.464 e. The van der Waals surface area contributed by atoms with Crippen molar-refractivity contribution in [2.75, 3.05) is 19.7 Å². The van der Waals surface area contributed by atoms with Gasteiger partial charge in [-0.1, -0.05) is 36.4 Å². The maximum Gasteiger partial charge on any atom is 0.328 e. The molecule has 2 aliphatic rings. The highest BCUT2D eigenvalue weighted by atomic mass is 16.5. The lowest BCUT2D eigenvalue weighted by Crippen LogP contribution is -2.65. The third kappa shape index (κ3) is 5.74. The van der Waals surface area contributed by atoms with Crippen molar-refractivity contribution in [1.29, 1.82) is 0 Å². The molecule has 4 N–H and O–H groups in total. The standard InChI is InChI=1S/C26H38N4O5/c1-6-35-22(32)20(16-18-10-8-7-9-11-18)28-23(33)26(12-14-27-15-13-26)29-21(31)19-17-24(2,3)30(34)25(19,4)5/h7-11,17,20,27,34H,6,12-16H2,1-5H3,(H,28,33)(H,29,31). The molecule has 9 heteroatoms. The van der Waals surface area contributed by atoms with Crippen LogP contribution < -0.4 is 16.0 Å². The van der Waals surface area contributed by atoms with Gasteiger partial charge in [0.25, 0.3) is 0 Å². The summed E-state index contributed by atoms with van der Waals surface area (Å²) in [6.07, 6.45) is 2.74. The zero-order chi connectivity index (χ0) is 25.9. The van der Waals surface area contributed by atoms with Gasteiger partial charge in [0.2, 0.25) is 11.8 Å². The topological polar surface area (TPSA) is 120 Å². The Morgan fingerprint density at radius 1 is 1.11 bits per heavy atom. The maximum absolute atomic E-state index is 13.7. The van der Waals surface area contributed by atoms with Gasteiger partial charge in [0.05, 0.1) is 17.7 Å². The van der Waals surface area contributed by atoms with Crippen molar-refractivity contribution in [1.82, 2.24) is 21.0 Å². The zero-order valence-corrected chi connectivity index (χ0v) is 21.3. The summed E-state index contributed by atoms with van der Waals surface area (Å²) in [7, 11) is 0. The van der Waals surface area contributed by atoms with Crippen molar-refractivity contribution in [2.45, 2.75) is 76.5 Å². The van der Waals surface area contributed by atoms with Crippen LogP contribution in [0.3, 0.4) is 0 Å². The molecular weight excluding hydrogens is 448 g/mol. The molecule has 0 aliphatic carbocycles. The molecular formula is C26H38N4O5. The van der Waals surface area contributed by atoms with E-state index in [0.29, 0.717) is 31.5 Å². The molecule has 1 saturated heterocycles. The summed E-state index contributed by atoms with van der Waals surface area (Å²) in [6.45, 7) is 10.1. The summed E-state index contributed by atoms with van der Waals surface area (Å²) in [6, 6.07) is 8.51. The lowest BCUT2D eigenvalue weighted by Gasteiger charge is -2.39. The normalized spacial score (nSPS) is 21.5. The number of amides is 2. The van der Waals surface area contributed by atoms with E-state index in [4.69, 9.17) is 4.74 Å². The van der Waals surface area contributed by atoms with Crippen molar-refractivity contribution < 1.29 is 24.3 Å². The van der Waals surface area contributed by atoms with Crippen molar-refractivity contribution in [3.63, 3.8) is 0 Å². The van der Waals surface area contributed by atoms with Gasteiger partial charge in [0.15, 0.2) is 0 Å². The second-order valence-electron chi connectivity index (χ2n) is 10.3. The van der Waals surface area contributed by atoms with Crippen molar-refractivity contribution >= 4 is 17.8 Å². The van der Waals surface area contributed by atoms with Crippen LogP contribution in [0.4, 0.5) is 0 Å². The number of nitrogens with one attached hydrogen (secondary N) is 3. The molecule has 0 spiro atoms. The molecule has 1 fully saturated rings. The minimum Gasteiger partial charge on any atom is -0.464 e. The molecule has 1 aromatic rings. The van der Waals surface area contributed by atoms with E-state index < -0.39 is 40.4 Å². The number of hydroxylamine groups is 2. The number of ether oxygens (including phenoxy) is 1. The number of hydrogen-bond acceptors (Lipinski definition) is 7. The van der Waals surface area contributed by atoms with Gasteiger partial charge in [-0.05, 0) is 66.1 Å². The first-order valence-corrected chi connectivity index (χ1v) is 12.2. The molecule has 35 heavy (non-hydrogen) atoms. The maximum atomic E-state index is 13.7. The third-order valence-corrected chi connectivity index (χ3v) is 6.88. The van der Waals surface area contributed by atoms with Gasteiger partial charge < -0.3 is 25.9 Å². The quantitative estimate of drug-likeness (QED) is 0.413. The minimum absolute atomic E-state index is 0.197. The van der Waals surface area contributed by atoms with Crippen LogP contribution in [0.5, 0.6) is 0 Å². The first-order chi connectivity index (χ1) is 16.4. The van der Waals surface area contributed by atoms with E-state index >= 15 is 0 Å². The number of carbonyl (C=O) groups is 3. The Morgan fingerprint density at radius 2 is 1.74 bits per heavy atom. The molecule has 1 unspecified atom stereocenters. The van der Waals surface area contributed by atoms with Crippen molar-refractivity contribution in [3.05, 3.63) is 47.5 Å². The summed E-state index contributed by atoms with van der Waals surface area (Å²) in [5, 5.41) is 20.8. The highest BCUT2D eigenvalue weighted by molar-refractivity contribution is 6.01. The molecule has 0 radical (unpaired) electrons. The summed E-state index contributed by atoms with van der Waals surface area (Å²) in [5.74, 6) is -1.34. The molecule has 0 bridgehead atoms. The molecule has 1 aromatic carbocycles. The van der Waals surface area contributed by atoms with E-state index in [1.807, 2.05) is 44.2 Å². The molecule has 2 amide bonds.